The maximum absolute atomic E-state index is 12.0. The quantitative estimate of drug-likeness (QED) is 0.701. The van der Waals surface area contributed by atoms with Crippen LogP contribution in [0.1, 0.15) is 6.04 Å². The average molecular weight is 222 g/mol. The van der Waals surface area contributed by atoms with E-state index in [-0.39, 0.29) is 5.56 Å². The van der Waals surface area contributed by atoms with Crippen molar-refractivity contribution in [2.45, 2.75) is 6.04 Å². The van der Waals surface area contributed by atoms with Crippen LogP contribution in [0.3, 0.4) is 0 Å². The van der Waals surface area contributed by atoms with E-state index >= 15 is 0 Å². The number of nitrogens with zero attached hydrogens (tertiary/aromatic N) is 4. The number of hydrogen-bond acceptors (Lipinski definition) is 4. The van der Waals surface area contributed by atoms with Gasteiger partial charge in [-0.2, -0.15) is 11.8 Å². The first-order chi connectivity index (χ1) is 7.27. The molecule has 0 N–H and O–H groups in total. The summed E-state index contributed by atoms with van der Waals surface area (Å²) in [6.07, 6.45) is 3.26. The van der Waals surface area contributed by atoms with Crippen LogP contribution in [-0.4, -0.2) is 30.6 Å². The molecule has 0 unspecified atom stereocenters. The van der Waals surface area contributed by atoms with Crippen LogP contribution in [0.5, 0.6) is 0 Å². The molecule has 2 aromatic rings. The molecule has 1 saturated heterocycles. The van der Waals surface area contributed by atoms with E-state index in [0.29, 0.717) is 17.2 Å². The average Bonchev–Trinajstić information content (AvgIpc) is 2.50. The van der Waals surface area contributed by atoms with Crippen LogP contribution in [-0.2, 0) is 7.05 Å². The van der Waals surface area contributed by atoms with E-state index in [1.165, 1.54) is 0 Å². The summed E-state index contributed by atoms with van der Waals surface area (Å²) in [7, 11) is 1.84. The second-order valence-corrected chi connectivity index (χ2v) is 4.75. The van der Waals surface area contributed by atoms with Crippen LogP contribution < -0.4 is 5.56 Å². The molecule has 1 fully saturated rings. The minimum atomic E-state index is -0.0223. The Balaban J connectivity index is 2.25. The minimum absolute atomic E-state index is 0.0223. The summed E-state index contributed by atoms with van der Waals surface area (Å²) in [6, 6.07) is 0.307. The molecule has 0 saturated carbocycles. The summed E-state index contributed by atoms with van der Waals surface area (Å²) in [5.74, 6) is 2.00. The molecule has 0 radical (unpaired) electrons. The molecule has 15 heavy (non-hydrogen) atoms. The van der Waals surface area contributed by atoms with Crippen molar-refractivity contribution in [2.75, 3.05) is 11.5 Å². The van der Waals surface area contributed by atoms with E-state index in [1.807, 2.05) is 18.8 Å². The van der Waals surface area contributed by atoms with Gasteiger partial charge in [0.1, 0.15) is 6.33 Å². The van der Waals surface area contributed by atoms with Crippen molar-refractivity contribution in [1.82, 2.24) is 19.1 Å². The predicted molar refractivity (Wildman–Crippen MR) is 59.1 cm³/mol. The lowest BCUT2D eigenvalue weighted by Gasteiger charge is -2.26. The zero-order valence-corrected chi connectivity index (χ0v) is 9.07. The number of rotatable bonds is 1. The van der Waals surface area contributed by atoms with Crippen LogP contribution >= 0.6 is 11.8 Å². The summed E-state index contributed by atoms with van der Waals surface area (Å²) in [6.45, 7) is 0. The molecule has 5 nitrogen and oxygen atoms in total. The first kappa shape index (κ1) is 8.96. The van der Waals surface area contributed by atoms with Gasteiger partial charge in [-0.25, -0.2) is 9.97 Å². The standard InChI is InChI=1S/C9H10N4OS/c1-12-4-10-7-8(12)11-5-13(9(7)14)6-2-15-3-6/h4-6H,2-3H2,1H3. The largest absolute Gasteiger partial charge is 0.318 e. The third kappa shape index (κ3) is 1.21. The Morgan fingerprint density at radius 1 is 1.40 bits per heavy atom. The SMILES string of the molecule is Cn1cnc2c(=O)n(C3CSC3)cnc21. The highest BCUT2D eigenvalue weighted by molar-refractivity contribution is 8.00. The highest BCUT2D eigenvalue weighted by atomic mass is 32.2. The molecule has 0 aliphatic carbocycles. The van der Waals surface area contributed by atoms with Crippen molar-refractivity contribution in [3.63, 3.8) is 0 Å². The molecule has 1 aliphatic heterocycles. The van der Waals surface area contributed by atoms with Crippen LogP contribution in [0, 0.1) is 0 Å². The van der Waals surface area contributed by atoms with Gasteiger partial charge < -0.3 is 4.57 Å². The summed E-state index contributed by atoms with van der Waals surface area (Å²) in [5, 5.41) is 0. The number of fused-ring (bicyclic) bond motifs is 1. The van der Waals surface area contributed by atoms with E-state index in [9.17, 15) is 4.79 Å². The fraction of sp³-hybridized carbons (Fsp3) is 0.444. The van der Waals surface area contributed by atoms with Crippen molar-refractivity contribution in [2.24, 2.45) is 7.05 Å². The smallest absolute Gasteiger partial charge is 0.281 e. The van der Waals surface area contributed by atoms with Crippen molar-refractivity contribution in [3.8, 4) is 0 Å². The normalized spacial score (nSPS) is 16.9. The summed E-state index contributed by atoms with van der Waals surface area (Å²) in [5.41, 5.74) is 1.10. The van der Waals surface area contributed by atoms with Gasteiger partial charge in [0.05, 0.1) is 12.4 Å². The van der Waals surface area contributed by atoms with E-state index in [4.69, 9.17) is 0 Å². The zero-order chi connectivity index (χ0) is 10.4. The molecule has 0 bridgehead atoms. The van der Waals surface area contributed by atoms with Gasteiger partial charge in [-0.05, 0) is 0 Å². The highest BCUT2D eigenvalue weighted by Crippen LogP contribution is 2.27. The van der Waals surface area contributed by atoms with Crippen molar-refractivity contribution in [1.29, 1.82) is 0 Å². The van der Waals surface area contributed by atoms with Gasteiger partial charge in [-0.3, -0.25) is 9.36 Å². The number of imidazole rings is 1. The zero-order valence-electron chi connectivity index (χ0n) is 8.25. The van der Waals surface area contributed by atoms with Gasteiger partial charge in [0.15, 0.2) is 11.2 Å². The van der Waals surface area contributed by atoms with Gasteiger partial charge in [0.25, 0.3) is 5.56 Å². The van der Waals surface area contributed by atoms with Gasteiger partial charge in [0, 0.05) is 18.6 Å². The Labute approximate surface area is 90.1 Å². The molecule has 0 atom stereocenters. The van der Waals surface area contributed by atoms with E-state index < -0.39 is 0 Å². The molecule has 0 spiro atoms. The molecule has 0 amide bonds. The second-order valence-electron chi connectivity index (χ2n) is 3.68. The van der Waals surface area contributed by atoms with Crippen molar-refractivity contribution >= 4 is 22.9 Å². The Kier molecular flexibility index (Phi) is 1.85. The molecule has 1 aliphatic rings. The van der Waals surface area contributed by atoms with Crippen molar-refractivity contribution < 1.29 is 0 Å². The first-order valence-electron chi connectivity index (χ1n) is 4.73. The van der Waals surface area contributed by atoms with Gasteiger partial charge in [-0.15, -0.1) is 0 Å². The summed E-state index contributed by atoms with van der Waals surface area (Å²) >= 11 is 1.85. The van der Waals surface area contributed by atoms with Crippen molar-refractivity contribution in [3.05, 3.63) is 23.0 Å². The lowest BCUT2D eigenvalue weighted by molar-refractivity contribution is 0.565. The maximum atomic E-state index is 12.0. The van der Waals surface area contributed by atoms with Gasteiger partial charge in [-0.1, -0.05) is 0 Å². The molecule has 2 aromatic heterocycles. The van der Waals surface area contributed by atoms with Crippen LogP contribution in [0.25, 0.3) is 11.2 Å². The first-order valence-corrected chi connectivity index (χ1v) is 5.89. The van der Waals surface area contributed by atoms with Gasteiger partial charge in [0.2, 0.25) is 0 Å². The lowest BCUT2D eigenvalue weighted by Crippen LogP contribution is -2.32. The number of thioether (sulfide) groups is 1. The molecule has 3 rings (SSSR count). The third-order valence-corrected chi connectivity index (χ3v) is 3.90. The third-order valence-electron chi connectivity index (χ3n) is 2.66. The maximum Gasteiger partial charge on any atom is 0.281 e. The number of aromatic nitrogens is 4. The Morgan fingerprint density at radius 2 is 2.20 bits per heavy atom. The molecule has 78 valence electrons. The van der Waals surface area contributed by atoms with E-state index in [2.05, 4.69) is 9.97 Å². The van der Waals surface area contributed by atoms with E-state index in [0.717, 1.165) is 11.5 Å². The Bertz CT molecular complexity index is 569. The fourth-order valence-corrected chi connectivity index (χ4v) is 2.43. The fourth-order valence-electron chi connectivity index (χ4n) is 1.66. The Morgan fingerprint density at radius 3 is 2.87 bits per heavy atom. The van der Waals surface area contributed by atoms with Crippen LogP contribution in [0.2, 0.25) is 0 Å². The molecule has 0 aromatic carbocycles. The molecular formula is C9H10N4OS. The van der Waals surface area contributed by atoms with Gasteiger partial charge >= 0.3 is 0 Å². The monoisotopic (exact) mass is 222 g/mol. The summed E-state index contributed by atoms with van der Waals surface area (Å²) < 4.78 is 3.46. The second kappa shape index (κ2) is 3.10. The van der Waals surface area contributed by atoms with Crippen LogP contribution in [0.4, 0.5) is 0 Å². The Hall–Kier alpha value is -1.30. The lowest BCUT2D eigenvalue weighted by atomic mass is 10.3. The predicted octanol–water partition coefficient (Wildman–Crippen LogP) is 0.418. The summed E-state index contributed by atoms with van der Waals surface area (Å²) in [4.78, 5) is 20.4. The number of aryl methyl sites for hydroxylation is 1. The molecule has 6 heteroatoms. The molecular weight excluding hydrogens is 212 g/mol. The van der Waals surface area contributed by atoms with Crippen LogP contribution in [0.15, 0.2) is 17.4 Å². The number of hydrogen-bond donors (Lipinski definition) is 0. The topological polar surface area (TPSA) is 52.7 Å². The highest BCUT2D eigenvalue weighted by Gasteiger charge is 2.22. The van der Waals surface area contributed by atoms with E-state index in [1.54, 1.807) is 21.8 Å². The molecule has 3 heterocycles. The minimum Gasteiger partial charge on any atom is -0.318 e.